The van der Waals surface area contributed by atoms with E-state index in [1.807, 2.05) is 0 Å². The Bertz CT molecular complexity index is 597. The molecule has 1 aromatic rings. The molecule has 4 nitrogen and oxygen atoms in total. The molecule has 21 heavy (non-hydrogen) atoms. The highest BCUT2D eigenvalue weighted by Crippen LogP contribution is 2.28. The van der Waals surface area contributed by atoms with Gasteiger partial charge in [0.2, 0.25) is 10.0 Å². The lowest BCUT2D eigenvalue weighted by Crippen LogP contribution is -2.49. The Kier molecular flexibility index (Phi) is 5.54. The molecule has 2 rings (SSSR count). The molecular weight excluding hydrogens is 331 g/mol. The molecule has 0 saturated carbocycles. The second-order valence-electron chi connectivity index (χ2n) is 5.67. The fraction of sp³-hybridized carbons (Fsp3) is 0.571. The maximum Gasteiger partial charge on any atom is 0.244 e. The topological polar surface area (TPSA) is 40.6 Å². The fourth-order valence-corrected chi connectivity index (χ4v) is 4.64. The monoisotopic (exact) mass is 350 g/mol. The summed E-state index contributed by atoms with van der Waals surface area (Å²) in [6.45, 7) is 7.77. The third-order valence-electron chi connectivity index (χ3n) is 3.47. The molecule has 0 aromatic heterocycles. The van der Waals surface area contributed by atoms with Crippen LogP contribution in [-0.4, -0.2) is 50.3 Å². The highest BCUT2D eigenvalue weighted by atomic mass is 35.5. The summed E-state index contributed by atoms with van der Waals surface area (Å²) in [7, 11) is -3.58. The zero-order valence-electron chi connectivity index (χ0n) is 12.2. The fourth-order valence-electron chi connectivity index (χ4n) is 2.48. The Morgan fingerprint density at radius 2 is 1.76 bits per heavy atom. The largest absolute Gasteiger partial charge is 0.300 e. The van der Waals surface area contributed by atoms with Crippen LogP contribution >= 0.6 is 23.2 Å². The molecule has 1 heterocycles. The molecule has 118 valence electrons. The van der Waals surface area contributed by atoms with Crippen molar-refractivity contribution in [2.24, 2.45) is 5.92 Å². The van der Waals surface area contributed by atoms with Crippen LogP contribution < -0.4 is 0 Å². The smallest absolute Gasteiger partial charge is 0.244 e. The number of rotatable bonds is 4. The summed E-state index contributed by atoms with van der Waals surface area (Å²) < 4.78 is 26.8. The van der Waals surface area contributed by atoms with Crippen LogP contribution in [0.1, 0.15) is 13.8 Å². The zero-order valence-corrected chi connectivity index (χ0v) is 14.5. The Labute approximate surface area is 136 Å². The number of halogens is 2. The maximum atomic E-state index is 12.7. The number of piperazine rings is 1. The summed E-state index contributed by atoms with van der Waals surface area (Å²) in [4.78, 5) is 2.38. The summed E-state index contributed by atoms with van der Waals surface area (Å²) in [5.41, 5.74) is 0. The number of hydrogen-bond acceptors (Lipinski definition) is 3. The van der Waals surface area contributed by atoms with E-state index in [-0.39, 0.29) is 9.92 Å². The van der Waals surface area contributed by atoms with Crippen molar-refractivity contribution in [2.75, 3.05) is 32.7 Å². The van der Waals surface area contributed by atoms with Crippen molar-refractivity contribution >= 4 is 33.2 Å². The summed E-state index contributed by atoms with van der Waals surface area (Å²) >= 11 is 11.9. The highest BCUT2D eigenvalue weighted by Gasteiger charge is 2.30. The first-order chi connectivity index (χ1) is 9.80. The minimum atomic E-state index is -3.58. The van der Waals surface area contributed by atoms with Crippen molar-refractivity contribution in [3.63, 3.8) is 0 Å². The van der Waals surface area contributed by atoms with Gasteiger partial charge in [-0.15, -0.1) is 0 Å². The van der Waals surface area contributed by atoms with Gasteiger partial charge in [0.25, 0.3) is 0 Å². The first-order valence-electron chi connectivity index (χ1n) is 6.98. The molecular formula is C14H20Cl2N2O2S. The van der Waals surface area contributed by atoms with Crippen LogP contribution in [-0.2, 0) is 10.0 Å². The average molecular weight is 351 g/mol. The van der Waals surface area contributed by atoms with E-state index in [9.17, 15) is 8.42 Å². The van der Waals surface area contributed by atoms with Crippen molar-refractivity contribution in [1.82, 2.24) is 9.21 Å². The van der Waals surface area contributed by atoms with Gasteiger partial charge < -0.3 is 4.90 Å². The standard InChI is InChI=1S/C14H20Cl2N2O2S/c1-11(2)10-17-5-7-18(8-6-17)21(19,20)14-9-12(15)3-4-13(14)16/h3-4,9,11H,5-8,10H2,1-2H3. The van der Waals surface area contributed by atoms with E-state index in [0.717, 1.165) is 19.6 Å². The average Bonchev–Trinajstić information content (AvgIpc) is 2.41. The van der Waals surface area contributed by atoms with Crippen molar-refractivity contribution in [3.05, 3.63) is 28.2 Å². The van der Waals surface area contributed by atoms with Crippen LogP contribution in [0.2, 0.25) is 10.0 Å². The van der Waals surface area contributed by atoms with Gasteiger partial charge in [0.1, 0.15) is 4.90 Å². The third-order valence-corrected chi connectivity index (χ3v) is 6.08. The molecule has 0 spiro atoms. The van der Waals surface area contributed by atoms with Crippen LogP contribution in [0.5, 0.6) is 0 Å². The highest BCUT2D eigenvalue weighted by molar-refractivity contribution is 7.89. The quantitative estimate of drug-likeness (QED) is 0.837. The maximum absolute atomic E-state index is 12.7. The van der Waals surface area contributed by atoms with E-state index in [1.165, 1.54) is 16.4 Å². The van der Waals surface area contributed by atoms with Crippen molar-refractivity contribution in [1.29, 1.82) is 0 Å². The molecule has 0 aliphatic carbocycles. The summed E-state index contributed by atoms with van der Waals surface area (Å²) in [6.07, 6.45) is 0. The van der Waals surface area contributed by atoms with E-state index < -0.39 is 10.0 Å². The normalized spacial score (nSPS) is 18.3. The molecule has 1 saturated heterocycles. The van der Waals surface area contributed by atoms with E-state index in [1.54, 1.807) is 6.07 Å². The molecule has 0 amide bonds. The Hall–Kier alpha value is -0.330. The lowest BCUT2D eigenvalue weighted by Gasteiger charge is -2.34. The molecule has 0 N–H and O–H groups in total. The predicted octanol–water partition coefficient (Wildman–Crippen LogP) is 2.96. The first kappa shape index (κ1) is 17.0. The number of benzene rings is 1. The first-order valence-corrected chi connectivity index (χ1v) is 9.18. The molecule has 0 bridgehead atoms. The van der Waals surface area contributed by atoms with Crippen molar-refractivity contribution in [3.8, 4) is 0 Å². The van der Waals surface area contributed by atoms with Crippen molar-refractivity contribution < 1.29 is 8.42 Å². The van der Waals surface area contributed by atoms with E-state index in [0.29, 0.717) is 24.0 Å². The van der Waals surface area contributed by atoms with Gasteiger partial charge >= 0.3 is 0 Å². The molecule has 1 aromatic carbocycles. The zero-order chi connectivity index (χ0) is 15.6. The van der Waals surface area contributed by atoms with Gasteiger partial charge in [0, 0.05) is 37.7 Å². The van der Waals surface area contributed by atoms with E-state index >= 15 is 0 Å². The molecule has 0 unspecified atom stereocenters. The number of nitrogens with zero attached hydrogens (tertiary/aromatic N) is 2. The Morgan fingerprint density at radius 3 is 2.33 bits per heavy atom. The van der Waals surface area contributed by atoms with Gasteiger partial charge in [-0.25, -0.2) is 8.42 Å². The van der Waals surface area contributed by atoms with Crippen LogP contribution in [0.4, 0.5) is 0 Å². The van der Waals surface area contributed by atoms with E-state index in [2.05, 4.69) is 18.7 Å². The molecule has 1 aliphatic rings. The van der Waals surface area contributed by atoms with Gasteiger partial charge in [-0.2, -0.15) is 4.31 Å². The van der Waals surface area contributed by atoms with Crippen LogP contribution in [0.15, 0.2) is 23.1 Å². The third kappa shape index (κ3) is 4.11. The molecule has 7 heteroatoms. The minimum Gasteiger partial charge on any atom is -0.300 e. The van der Waals surface area contributed by atoms with Crippen molar-refractivity contribution in [2.45, 2.75) is 18.7 Å². The van der Waals surface area contributed by atoms with E-state index in [4.69, 9.17) is 23.2 Å². The summed E-state index contributed by atoms with van der Waals surface area (Å²) in [6, 6.07) is 4.52. The SMILES string of the molecule is CC(C)CN1CCN(S(=O)(=O)c2cc(Cl)ccc2Cl)CC1. The van der Waals surface area contributed by atoms with Crippen LogP contribution in [0.3, 0.4) is 0 Å². The molecule has 1 fully saturated rings. The van der Waals surface area contributed by atoms with Gasteiger partial charge in [0.05, 0.1) is 5.02 Å². The molecule has 0 radical (unpaired) electrons. The van der Waals surface area contributed by atoms with Gasteiger partial charge in [-0.3, -0.25) is 0 Å². The minimum absolute atomic E-state index is 0.0916. The molecule has 1 aliphatic heterocycles. The Balaban J connectivity index is 2.13. The second-order valence-corrected chi connectivity index (χ2v) is 8.42. The lowest BCUT2D eigenvalue weighted by atomic mass is 10.2. The second kappa shape index (κ2) is 6.84. The van der Waals surface area contributed by atoms with Gasteiger partial charge in [0.15, 0.2) is 0 Å². The van der Waals surface area contributed by atoms with Gasteiger partial charge in [-0.05, 0) is 24.1 Å². The van der Waals surface area contributed by atoms with Crippen LogP contribution in [0.25, 0.3) is 0 Å². The molecule has 0 atom stereocenters. The number of sulfonamides is 1. The number of hydrogen-bond donors (Lipinski definition) is 0. The summed E-state index contributed by atoms with van der Waals surface area (Å²) in [5, 5.41) is 0.584. The Morgan fingerprint density at radius 1 is 1.14 bits per heavy atom. The lowest BCUT2D eigenvalue weighted by molar-refractivity contribution is 0.172. The summed E-state index contributed by atoms with van der Waals surface area (Å²) in [5.74, 6) is 0.579. The predicted molar refractivity (Wildman–Crippen MR) is 86.5 cm³/mol. The van der Waals surface area contributed by atoms with Crippen LogP contribution in [0, 0.1) is 5.92 Å². The van der Waals surface area contributed by atoms with Gasteiger partial charge in [-0.1, -0.05) is 37.0 Å².